The van der Waals surface area contributed by atoms with Crippen LogP contribution in [0.4, 0.5) is 0 Å². The number of aryl methyl sites for hydroxylation is 1. The van der Waals surface area contributed by atoms with Crippen LogP contribution >= 0.6 is 11.6 Å². The fourth-order valence-electron chi connectivity index (χ4n) is 3.13. The first kappa shape index (κ1) is 18.6. The van der Waals surface area contributed by atoms with Gasteiger partial charge in [0.1, 0.15) is 23.9 Å². The Labute approximate surface area is 142 Å². The third-order valence-electron chi connectivity index (χ3n) is 4.64. The zero-order valence-corrected chi connectivity index (χ0v) is 15.2. The lowest BCUT2D eigenvalue weighted by molar-refractivity contribution is -0.172. The molecule has 23 heavy (non-hydrogen) atoms. The van der Waals surface area contributed by atoms with Gasteiger partial charge in [0.15, 0.2) is 6.29 Å². The number of ether oxygens (including phenoxy) is 5. The molecule has 1 aromatic rings. The van der Waals surface area contributed by atoms with Gasteiger partial charge in [0, 0.05) is 33.5 Å². The summed E-state index contributed by atoms with van der Waals surface area (Å²) in [6.45, 7) is 3.90. The molecule has 5 atom stereocenters. The van der Waals surface area contributed by atoms with Gasteiger partial charge in [-0.2, -0.15) is 0 Å². The van der Waals surface area contributed by atoms with E-state index in [1.165, 1.54) is 0 Å². The number of benzene rings is 1. The van der Waals surface area contributed by atoms with Crippen molar-refractivity contribution in [3.8, 4) is 0 Å². The monoisotopic (exact) mass is 344 g/mol. The molecule has 1 aliphatic rings. The van der Waals surface area contributed by atoms with Crippen molar-refractivity contribution in [2.75, 3.05) is 28.4 Å². The lowest BCUT2D eigenvalue weighted by atomic mass is 9.88. The van der Waals surface area contributed by atoms with Crippen LogP contribution in [0.1, 0.15) is 24.2 Å². The molecule has 5 nitrogen and oxygen atoms in total. The molecule has 0 amide bonds. The lowest BCUT2D eigenvalue weighted by Crippen LogP contribution is -2.50. The maximum Gasteiger partial charge on any atom is 0.186 e. The van der Waals surface area contributed by atoms with E-state index >= 15 is 0 Å². The Morgan fingerprint density at radius 1 is 1.17 bits per heavy atom. The Hall–Kier alpha value is -0.690. The van der Waals surface area contributed by atoms with Crippen molar-refractivity contribution in [3.63, 3.8) is 0 Å². The van der Waals surface area contributed by atoms with Crippen molar-refractivity contribution >= 4 is 11.6 Å². The molecule has 0 aromatic heterocycles. The molecule has 1 aliphatic heterocycles. The average molecular weight is 345 g/mol. The van der Waals surface area contributed by atoms with Crippen molar-refractivity contribution in [2.45, 2.75) is 44.1 Å². The van der Waals surface area contributed by atoms with Crippen molar-refractivity contribution in [1.29, 1.82) is 0 Å². The number of rotatable bonds is 6. The van der Waals surface area contributed by atoms with E-state index in [1.54, 1.807) is 28.4 Å². The maximum atomic E-state index is 6.26. The van der Waals surface area contributed by atoms with Crippen LogP contribution in [-0.2, 0) is 23.7 Å². The van der Waals surface area contributed by atoms with Crippen LogP contribution in [0.5, 0.6) is 0 Å². The molecule has 1 aromatic carbocycles. The van der Waals surface area contributed by atoms with E-state index in [2.05, 4.69) is 0 Å². The fourth-order valence-corrected chi connectivity index (χ4v) is 3.32. The van der Waals surface area contributed by atoms with Gasteiger partial charge in [-0.05, 0) is 31.0 Å². The normalized spacial score (nSPS) is 32.2. The third kappa shape index (κ3) is 3.27. The van der Waals surface area contributed by atoms with Crippen molar-refractivity contribution in [3.05, 3.63) is 34.3 Å². The Kier molecular flexibility index (Phi) is 6.05. The topological polar surface area (TPSA) is 46.2 Å². The van der Waals surface area contributed by atoms with Crippen molar-refractivity contribution < 1.29 is 23.7 Å². The molecule has 6 heteroatoms. The predicted octanol–water partition coefficient (Wildman–Crippen LogP) is 3.13. The standard InChI is InChI=1S/C17H25ClO5/c1-10-7-8-11(9-12(10)18)13(19-3)14-17(2,22-6)15(20-4)16(21-5)23-14/h7-9,13-16H,1-6H3/t13-,14-,15+,16?,17-/m1/s1. The predicted molar refractivity (Wildman–Crippen MR) is 87.8 cm³/mol. The van der Waals surface area contributed by atoms with Gasteiger partial charge >= 0.3 is 0 Å². The second-order valence-corrected chi connectivity index (χ2v) is 6.28. The number of methoxy groups -OCH3 is 4. The van der Waals surface area contributed by atoms with Gasteiger partial charge < -0.3 is 23.7 Å². The van der Waals surface area contributed by atoms with Crippen LogP contribution < -0.4 is 0 Å². The van der Waals surface area contributed by atoms with E-state index in [0.717, 1.165) is 11.1 Å². The van der Waals surface area contributed by atoms with Crippen molar-refractivity contribution in [2.24, 2.45) is 0 Å². The van der Waals surface area contributed by atoms with Crippen molar-refractivity contribution in [1.82, 2.24) is 0 Å². The van der Waals surface area contributed by atoms with Crippen LogP contribution in [0.2, 0.25) is 5.02 Å². The van der Waals surface area contributed by atoms with E-state index in [9.17, 15) is 0 Å². The smallest absolute Gasteiger partial charge is 0.186 e. The molecule has 0 radical (unpaired) electrons. The van der Waals surface area contributed by atoms with E-state index < -0.39 is 18.0 Å². The minimum absolute atomic E-state index is 0.365. The molecule has 1 fully saturated rings. The van der Waals surface area contributed by atoms with E-state index in [-0.39, 0.29) is 12.2 Å². The molecule has 0 N–H and O–H groups in total. The molecule has 0 spiro atoms. The second kappa shape index (κ2) is 7.47. The molecular weight excluding hydrogens is 320 g/mol. The van der Waals surface area contributed by atoms with E-state index in [0.29, 0.717) is 5.02 Å². The summed E-state index contributed by atoms with van der Waals surface area (Å²) in [7, 11) is 6.47. The van der Waals surface area contributed by atoms with Crippen LogP contribution in [-0.4, -0.2) is 52.5 Å². The summed E-state index contributed by atoms with van der Waals surface area (Å²) in [6.07, 6.45) is -1.68. The summed E-state index contributed by atoms with van der Waals surface area (Å²) >= 11 is 6.26. The first-order valence-electron chi connectivity index (χ1n) is 7.48. The Balaban J connectivity index is 2.41. The fraction of sp³-hybridized carbons (Fsp3) is 0.647. The Morgan fingerprint density at radius 3 is 2.35 bits per heavy atom. The molecular formula is C17H25ClO5. The van der Waals surface area contributed by atoms with Gasteiger partial charge in [-0.1, -0.05) is 23.7 Å². The Bertz CT molecular complexity index is 538. The van der Waals surface area contributed by atoms with Gasteiger partial charge in [0.05, 0.1) is 0 Å². The highest BCUT2D eigenvalue weighted by Gasteiger charge is 2.58. The van der Waals surface area contributed by atoms with E-state index in [1.807, 2.05) is 32.0 Å². The molecule has 0 bridgehead atoms. The van der Waals surface area contributed by atoms with Gasteiger partial charge in [0.2, 0.25) is 0 Å². The highest BCUT2D eigenvalue weighted by Crippen LogP contribution is 2.43. The zero-order chi connectivity index (χ0) is 17.2. The van der Waals surface area contributed by atoms with Crippen LogP contribution in [0.15, 0.2) is 18.2 Å². The SMILES string of the molecule is COC1O[C@H]([C@H](OC)c2ccc(C)c(Cl)c2)[C@@](C)(OC)[C@H]1OC. The second-order valence-electron chi connectivity index (χ2n) is 5.87. The average Bonchev–Trinajstić information content (AvgIpc) is 2.84. The van der Waals surface area contributed by atoms with Gasteiger partial charge in [-0.25, -0.2) is 0 Å². The highest BCUT2D eigenvalue weighted by atomic mass is 35.5. The number of hydrogen-bond donors (Lipinski definition) is 0. The maximum absolute atomic E-state index is 6.26. The summed E-state index contributed by atoms with van der Waals surface area (Å²) < 4.78 is 28.5. The van der Waals surface area contributed by atoms with Crippen LogP contribution in [0.25, 0.3) is 0 Å². The van der Waals surface area contributed by atoms with E-state index in [4.69, 9.17) is 35.3 Å². The van der Waals surface area contributed by atoms with Crippen LogP contribution in [0.3, 0.4) is 0 Å². The van der Waals surface area contributed by atoms with Gasteiger partial charge in [-0.3, -0.25) is 0 Å². The summed E-state index contributed by atoms with van der Waals surface area (Å²) in [5.74, 6) is 0. The molecule has 1 heterocycles. The van der Waals surface area contributed by atoms with Crippen LogP contribution in [0, 0.1) is 6.92 Å². The summed E-state index contributed by atoms with van der Waals surface area (Å²) in [5, 5.41) is 0.688. The third-order valence-corrected chi connectivity index (χ3v) is 5.04. The van der Waals surface area contributed by atoms with Gasteiger partial charge in [0.25, 0.3) is 0 Å². The highest BCUT2D eigenvalue weighted by molar-refractivity contribution is 6.31. The largest absolute Gasteiger partial charge is 0.374 e. The molecule has 1 saturated heterocycles. The zero-order valence-electron chi connectivity index (χ0n) is 14.5. The molecule has 2 rings (SSSR count). The Morgan fingerprint density at radius 2 is 1.87 bits per heavy atom. The molecule has 1 unspecified atom stereocenters. The summed E-state index contributed by atoms with van der Waals surface area (Å²) in [5.41, 5.74) is 1.20. The number of hydrogen-bond acceptors (Lipinski definition) is 5. The molecule has 130 valence electrons. The minimum atomic E-state index is -0.729. The quantitative estimate of drug-likeness (QED) is 0.793. The minimum Gasteiger partial charge on any atom is -0.374 e. The number of halogens is 1. The molecule has 0 aliphatic carbocycles. The first-order valence-corrected chi connectivity index (χ1v) is 7.85. The summed E-state index contributed by atoms with van der Waals surface area (Å²) in [4.78, 5) is 0. The molecule has 0 saturated carbocycles. The first-order chi connectivity index (χ1) is 10.9. The summed E-state index contributed by atoms with van der Waals surface area (Å²) in [6, 6.07) is 5.84. The lowest BCUT2D eigenvalue weighted by Gasteiger charge is -2.36. The van der Waals surface area contributed by atoms with Gasteiger partial charge in [-0.15, -0.1) is 0 Å².